The fraction of sp³-hybridized carbons (Fsp3) is 0.217. The summed E-state index contributed by atoms with van der Waals surface area (Å²) >= 11 is 0. The summed E-state index contributed by atoms with van der Waals surface area (Å²) in [5.74, 6) is -2.02. The number of nitrogens with one attached hydrogen (secondary N) is 3. The highest BCUT2D eigenvalue weighted by molar-refractivity contribution is 6.04. The largest absolute Gasteiger partial charge is 0.480 e. The zero-order valence-electron chi connectivity index (χ0n) is 17.3. The Morgan fingerprint density at radius 2 is 1.59 bits per heavy atom. The molecule has 0 aliphatic rings. The molecule has 0 spiro atoms. The Kier molecular flexibility index (Phi) is 6.99. The summed E-state index contributed by atoms with van der Waals surface area (Å²) in [6.07, 6.45) is 0.790. The van der Waals surface area contributed by atoms with Gasteiger partial charge in [0.15, 0.2) is 0 Å². The summed E-state index contributed by atoms with van der Waals surface area (Å²) in [6.45, 7) is 2.39. The summed E-state index contributed by atoms with van der Waals surface area (Å²) < 4.78 is 13.0. The lowest BCUT2D eigenvalue weighted by atomic mass is 10.0. The molecule has 3 aromatic carbocycles. The average molecular weight is 439 g/mol. The number of carboxylic acids is 1. The molecular formula is C23H22FN3O5. The molecule has 0 heterocycles. The van der Waals surface area contributed by atoms with Gasteiger partial charge in [0, 0.05) is 24.2 Å². The molecule has 1 atom stereocenters. The van der Waals surface area contributed by atoms with Gasteiger partial charge in [0.25, 0.3) is 16.8 Å². The Balaban J connectivity index is 1.66. The van der Waals surface area contributed by atoms with Crippen LogP contribution in [0.1, 0.15) is 29.3 Å². The highest BCUT2D eigenvalue weighted by Gasteiger charge is 2.26. The van der Waals surface area contributed by atoms with Crippen LogP contribution in [0.2, 0.25) is 0 Å². The van der Waals surface area contributed by atoms with Crippen LogP contribution in [0, 0.1) is 5.82 Å². The molecular weight excluding hydrogens is 417 g/mol. The first-order valence-electron chi connectivity index (χ1n) is 10.0. The fourth-order valence-corrected chi connectivity index (χ4v) is 3.09. The number of hydrogen-bond acceptors (Lipinski definition) is 6. The van der Waals surface area contributed by atoms with E-state index in [0.29, 0.717) is 23.4 Å². The lowest BCUT2D eigenvalue weighted by Gasteiger charge is -2.20. The number of carbonyl (C=O) groups excluding carboxylic acids is 1. The van der Waals surface area contributed by atoms with E-state index in [-0.39, 0.29) is 17.8 Å². The molecule has 32 heavy (non-hydrogen) atoms. The second-order valence-corrected chi connectivity index (χ2v) is 7.23. The topological polar surface area (TPSA) is 125 Å². The van der Waals surface area contributed by atoms with Gasteiger partial charge in [-0.3, -0.25) is 14.4 Å². The smallest absolute Gasteiger partial charge is 0.326 e. The first-order valence-corrected chi connectivity index (χ1v) is 10.0. The standard InChI is InChI=1S/C23H22FN3O5/c1-2-11-25-18-19(21(29)20(18)28)27-17(23(31)32)12-13-3-9-16(10-4-13)26-22(30)14-5-7-15(24)8-6-14/h3-10,17,25,27H,2,11-12H2,1H3,(H,26,30)(H,31,32)/t17-/m0/s1. The van der Waals surface area contributed by atoms with Gasteiger partial charge in [-0.2, -0.15) is 0 Å². The van der Waals surface area contributed by atoms with Crippen LogP contribution in [-0.4, -0.2) is 29.6 Å². The van der Waals surface area contributed by atoms with Crippen molar-refractivity contribution >= 4 is 28.9 Å². The van der Waals surface area contributed by atoms with Crippen molar-refractivity contribution in [3.05, 3.63) is 85.9 Å². The van der Waals surface area contributed by atoms with Crippen LogP contribution in [0.3, 0.4) is 0 Å². The van der Waals surface area contributed by atoms with Crippen molar-refractivity contribution in [3.8, 4) is 0 Å². The van der Waals surface area contributed by atoms with E-state index in [0.717, 1.165) is 6.42 Å². The van der Waals surface area contributed by atoms with E-state index < -0.39 is 34.6 Å². The molecule has 0 bridgehead atoms. The number of amides is 1. The van der Waals surface area contributed by atoms with Crippen molar-refractivity contribution in [1.82, 2.24) is 0 Å². The second kappa shape index (κ2) is 9.86. The number of carboxylic acid groups (broad SMARTS) is 1. The molecule has 0 saturated heterocycles. The number of carbonyl (C=O) groups is 2. The maximum Gasteiger partial charge on any atom is 0.326 e. The Labute approximate surface area is 182 Å². The molecule has 8 nitrogen and oxygen atoms in total. The van der Waals surface area contributed by atoms with Crippen LogP contribution in [0.5, 0.6) is 0 Å². The molecule has 0 aromatic heterocycles. The molecule has 4 N–H and O–H groups in total. The van der Waals surface area contributed by atoms with Gasteiger partial charge < -0.3 is 21.1 Å². The highest BCUT2D eigenvalue weighted by Crippen LogP contribution is 2.18. The minimum Gasteiger partial charge on any atom is -0.480 e. The quantitative estimate of drug-likeness (QED) is 0.358. The van der Waals surface area contributed by atoms with E-state index >= 15 is 0 Å². The SMILES string of the molecule is CCCNc1c(N[C@@H](Cc2ccc(NC(=O)c3ccc(F)cc3)cc2)C(=O)O)c(=O)c1=O. The molecule has 0 unspecified atom stereocenters. The van der Waals surface area contributed by atoms with Crippen LogP contribution in [0.15, 0.2) is 58.1 Å². The van der Waals surface area contributed by atoms with Crippen molar-refractivity contribution in [2.45, 2.75) is 25.8 Å². The monoisotopic (exact) mass is 439 g/mol. The van der Waals surface area contributed by atoms with Crippen LogP contribution < -0.4 is 26.8 Å². The lowest BCUT2D eigenvalue weighted by molar-refractivity contribution is -0.137. The molecule has 0 aliphatic carbocycles. The molecule has 0 fully saturated rings. The molecule has 0 radical (unpaired) electrons. The molecule has 9 heteroatoms. The van der Waals surface area contributed by atoms with Gasteiger partial charge >= 0.3 is 5.97 Å². The maximum atomic E-state index is 13.0. The maximum absolute atomic E-state index is 13.0. The van der Waals surface area contributed by atoms with E-state index in [1.165, 1.54) is 24.3 Å². The second-order valence-electron chi connectivity index (χ2n) is 7.23. The van der Waals surface area contributed by atoms with Crippen molar-refractivity contribution in [2.75, 3.05) is 22.5 Å². The zero-order valence-corrected chi connectivity index (χ0v) is 17.3. The van der Waals surface area contributed by atoms with Gasteiger partial charge in [-0.15, -0.1) is 0 Å². The summed E-state index contributed by atoms with van der Waals surface area (Å²) in [7, 11) is 0. The molecule has 0 aliphatic heterocycles. The predicted molar refractivity (Wildman–Crippen MR) is 120 cm³/mol. The lowest BCUT2D eigenvalue weighted by Crippen LogP contribution is -2.42. The molecule has 3 aromatic rings. The Morgan fingerprint density at radius 3 is 2.19 bits per heavy atom. The number of benzene rings is 2. The van der Waals surface area contributed by atoms with E-state index in [4.69, 9.17) is 0 Å². The highest BCUT2D eigenvalue weighted by atomic mass is 19.1. The Morgan fingerprint density at radius 1 is 0.969 bits per heavy atom. The Bertz CT molecular complexity index is 1180. The number of hydrogen-bond donors (Lipinski definition) is 4. The van der Waals surface area contributed by atoms with E-state index in [1.54, 1.807) is 24.3 Å². The fourth-order valence-electron chi connectivity index (χ4n) is 3.09. The zero-order chi connectivity index (χ0) is 23.3. The van der Waals surface area contributed by atoms with Gasteiger partial charge in [-0.1, -0.05) is 19.1 Å². The predicted octanol–water partition coefficient (Wildman–Crippen LogP) is 2.60. The van der Waals surface area contributed by atoms with Crippen LogP contribution in [-0.2, 0) is 11.2 Å². The van der Waals surface area contributed by atoms with Crippen molar-refractivity contribution < 1.29 is 19.1 Å². The first kappa shape index (κ1) is 22.7. The minimum atomic E-state index is -1.17. The number of anilines is 3. The summed E-state index contributed by atoms with van der Waals surface area (Å²) in [4.78, 5) is 47.5. The normalized spacial score (nSPS) is 11.7. The molecule has 1 amide bonds. The molecule has 3 rings (SSSR count). The summed E-state index contributed by atoms with van der Waals surface area (Å²) in [6, 6.07) is 10.5. The van der Waals surface area contributed by atoms with Crippen LogP contribution >= 0.6 is 0 Å². The van der Waals surface area contributed by atoms with E-state index in [1.807, 2.05) is 6.92 Å². The van der Waals surface area contributed by atoms with Gasteiger partial charge in [0.05, 0.1) is 0 Å². The average Bonchev–Trinajstić information content (AvgIpc) is 2.78. The number of halogens is 1. The van der Waals surface area contributed by atoms with Crippen molar-refractivity contribution in [2.24, 2.45) is 0 Å². The van der Waals surface area contributed by atoms with E-state index in [9.17, 15) is 28.7 Å². The molecule has 166 valence electrons. The van der Waals surface area contributed by atoms with Crippen molar-refractivity contribution in [1.29, 1.82) is 0 Å². The van der Waals surface area contributed by atoms with Gasteiger partial charge in [-0.25, -0.2) is 9.18 Å². The third-order valence-electron chi connectivity index (χ3n) is 4.84. The first-order chi connectivity index (χ1) is 15.3. The van der Waals surface area contributed by atoms with E-state index in [2.05, 4.69) is 16.0 Å². The third-order valence-corrected chi connectivity index (χ3v) is 4.84. The van der Waals surface area contributed by atoms with Gasteiger partial charge in [0.1, 0.15) is 23.2 Å². The number of aliphatic carboxylic acids is 1. The van der Waals surface area contributed by atoms with Gasteiger partial charge in [0.2, 0.25) is 0 Å². The Hall–Kier alpha value is -4.01. The van der Waals surface area contributed by atoms with Gasteiger partial charge in [-0.05, 0) is 48.4 Å². The van der Waals surface area contributed by atoms with Crippen molar-refractivity contribution in [3.63, 3.8) is 0 Å². The molecule has 0 saturated carbocycles. The van der Waals surface area contributed by atoms with Crippen LogP contribution in [0.4, 0.5) is 21.5 Å². The minimum absolute atomic E-state index is 0.0148. The number of rotatable bonds is 10. The van der Waals surface area contributed by atoms with Crippen LogP contribution in [0.25, 0.3) is 0 Å². The third kappa shape index (κ3) is 5.18. The summed E-state index contributed by atoms with van der Waals surface area (Å²) in [5, 5.41) is 17.7. The summed E-state index contributed by atoms with van der Waals surface area (Å²) in [5.41, 5.74) is 0.120.